The van der Waals surface area contributed by atoms with E-state index in [1.165, 1.54) is 6.92 Å². The van der Waals surface area contributed by atoms with Crippen molar-refractivity contribution in [1.82, 2.24) is 11.0 Å². The fourth-order valence-corrected chi connectivity index (χ4v) is 1.65. The molecule has 1 amide bonds. The van der Waals surface area contributed by atoms with Crippen molar-refractivity contribution < 1.29 is 4.79 Å². The Balaban J connectivity index is 2.31. The summed E-state index contributed by atoms with van der Waals surface area (Å²) in [6.07, 6.45) is 0. The normalized spacial score (nSPS) is 9.53. The fourth-order valence-electron chi connectivity index (χ4n) is 1.65. The number of rotatable bonds is 4. The van der Waals surface area contributed by atoms with Crippen LogP contribution in [0.15, 0.2) is 65.8 Å². The Labute approximate surface area is 112 Å². The fraction of sp³-hybridized carbons (Fsp3) is 0.0667. The zero-order valence-corrected chi connectivity index (χ0v) is 10.6. The van der Waals surface area contributed by atoms with Gasteiger partial charge in [0.2, 0.25) is 5.91 Å². The lowest BCUT2D eigenvalue weighted by molar-refractivity contribution is -0.119. The summed E-state index contributed by atoms with van der Waals surface area (Å²) in [5.74, 6) is -0.191. The van der Waals surface area contributed by atoms with E-state index in [-0.39, 0.29) is 5.91 Å². The molecule has 0 aromatic heterocycles. The van der Waals surface area contributed by atoms with Gasteiger partial charge in [0, 0.05) is 18.1 Å². The molecule has 0 spiro atoms. The third kappa shape index (κ3) is 3.67. The van der Waals surface area contributed by atoms with Crippen LogP contribution in [-0.4, -0.2) is 11.6 Å². The molecule has 0 saturated heterocycles. The monoisotopic (exact) mass is 253 g/mol. The lowest BCUT2D eigenvalue weighted by Gasteiger charge is -2.08. The van der Waals surface area contributed by atoms with Gasteiger partial charge in [-0.25, -0.2) is 5.53 Å². The average Bonchev–Trinajstić information content (AvgIpc) is 2.45. The van der Waals surface area contributed by atoms with E-state index in [0.717, 1.165) is 16.8 Å². The minimum Gasteiger partial charge on any atom is -0.274 e. The largest absolute Gasteiger partial charge is 0.274 e. The van der Waals surface area contributed by atoms with Crippen molar-refractivity contribution in [3.05, 3.63) is 71.8 Å². The Bertz CT molecular complexity index is 523. The van der Waals surface area contributed by atoms with Crippen LogP contribution in [0.3, 0.4) is 0 Å². The summed E-state index contributed by atoms with van der Waals surface area (Å²) in [5.41, 5.74) is 7.74. The molecule has 0 aliphatic carbocycles. The second kappa shape index (κ2) is 6.35. The van der Waals surface area contributed by atoms with Gasteiger partial charge < -0.3 is 0 Å². The van der Waals surface area contributed by atoms with Gasteiger partial charge in [0.1, 0.15) is 0 Å². The highest BCUT2D eigenvalue weighted by atomic mass is 16.2. The van der Waals surface area contributed by atoms with E-state index in [1.807, 2.05) is 60.7 Å². The molecule has 2 aromatic rings. The summed E-state index contributed by atoms with van der Waals surface area (Å²) in [7, 11) is 0. The van der Waals surface area contributed by atoms with Crippen LogP contribution >= 0.6 is 0 Å². The number of hydrogen-bond donors (Lipinski definition) is 2. The average molecular weight is 253 g/mol. The highest BCUT2D eigenvalue weighted by Gasteiger charge is 2.05. The number of nitrogens with zero attached hydrogens (tertiary/aromatic N) is 1. The van der Waals surface area contributed by atoms with Crippen LogP contribution in [0.5, 0.6) is 0 Å². The lowest BCUT2D eigenvalue weighted by Crippen LogP contribution is -2.32. The standard InChI is InChI=1S/C15H15N3O/c1-12(19)16-18-17-15(13-8-4-2-5-9-13)14-10-6-3-7-11-14/h2-11,18H,1H3,(H,16,19). The number of hydrazone groups is 1. The third-order valence-electron chi connectivity index (χ3n) is 2.49. The second-order valence-corrected chi connectivity index (χ2v) is 3.99. The highest BCUT2D eigenvalue weighted by molar-refractivity contribution is 6.12. The molecule has 96 valence electrons. The first-order valence-corrected chi connectivity index (χ1v) is 5.97. The summed E-state index contributed by atoms with van der Waals surface area (Å²) in [6.45, 7) is 1.42. The molecule has 2 N–H and O–H groups in total. The Hall–Kier alpha value is -2.62. The number of hydrogen-bond acceptors (Lipinski definition) is 3. The van der Waals surface area contributed by atoms with Gasteiger partial charge in [0.05, 0.1) is 5.71 Å². The predicted octanol–water partition coefficient (Wildman–Crippen LogP) is 2.08. The number of hydrazine groups is 1. The number of amides is 1. The summed E-state index contributed by atoms with van der Waals surface area (Å²) in [5, 5.41) is 4.24. The van der Waals surface area contributed by atoms with Gasteiger partial charge in [0.15, 0.2) is 0 Å². The lowest BCUT2D eigenvalue weighted by atomic mass is 10.0. The molecular weight excluding hydrogens is 238 g/mol. The summed E-state index contributed by atoms with van der Waals surface area (Å²) < 4.78 is 0. The number of benzene rings is 2. The maximum atomic E-state index is 10.9. The summed E-state index contributed by atoms with van der Waals surface area (Å²) in [4.78, 5) is 10.9. The van der Waals surface area contributed by atoms with E-state index in [2.05, 4.69) is 16.1 Å². The van der Waals surface area contributed by atoms with E-state index >= 15 is 0 Å². The van der Waals surface area contributed by atoms with Gasteiger partial charge in [-0.15, -0.1) is 0 Å². The Morgan fingerprint density at radius 3 is 1.79 bits per heavy atom. The van der Waals surface area contributed by atoms with E-state index < -0.39 is 0 Å². The number of nitrogens with one attached hydrogen (secondary N) is 2. The van der Waals surface area contributed by atoms with Gasteiger partial charge in [-0.3, -0.25) is 10.2 Å². The highest BCUT2D eigenvalue weighted by Crippen LogP contribution is 2.09. The van der Waals surface area contributed by atoms with Crippen LogP contribution in [0.25, 0.3) is 0 Å². The molecule has 2 aromatic carbocycles. The molecule has 0 heterocycles. The Morgan fingerprint density at radius 2 is 1.37 bits per heavy atom. The predicted molar refractivity (Wildman–Crippen MR) is 75.5 cm³/mol. The van der Waals surface area contributed by atoms with E-state index in [0.29, 0.717) is 0 Å². The number of carbonyl (C=O) groups excluding carboxylic acids is 1. The Morgan fingerprint density at radius 1 is 0.895 bits per heavy atom. The third-order valence-corrected chi connectivity index (χ3v) is 2.49. The summed E-state index contributed by atoms with van der Waals surface area (Å²) >= 11 is 0. The first-order chi connectivity index (χ1) is 9.27. The molecule has 0 aliphatic rings. The van der Waals surface area contributed by atoms with Gasteiger partial charge in [-0.1, -0.05) is 60.7 Å². The maximum absolute atomic E-state index is 10.9. The van der Waals surface area contributed by atoms with Gasteiger partial charge in [0.25, 0.3) is 0 Å². The molecule has 2 rings (SSSR count). The van der Waals surface area contributed by atoms with Crippen molar-refractivity contribution in [3.63, 3.8) is 0 Å². The van der Waals surface area contributed by atoms with Crippen molar-refractivity contribution in [2.45, 2.75) is 6.92 Å². The first-order valence-electron chi connectivity index (χ1n) is 5.97. The van der Waals surface area contributed by atoms with Crippen LogP contribution in [0.4, 0.5) is 0 Å². The minimum absolute atomic E-state index is 0.191. The van der Waals surface area contributed by atoms with Crippen molar-refractivity contribution in [3.8, 4) is 0 Å². The van der Waals surface area contributed by atoms with Crippen LogP contribution in [0, 0.1) is 0 Å². The maximum Gasteiger partial charge on any atom is 0.236 e. The molecule has 0 unspecified atom stereocenters. The smallest absolute Gasteiger partial charge is 0.236 e. The molecule has 0 fully saturated rings. The Kier molecular flexibility index (Phi) is 4.29. The van der Waals surface area contributed by atoms with Gasteiger partial charge >= 0.3 is 0 Å². The quantitative estimate of drug-likeness (QED) is 0.647. The van der Waals surface area contributed by atoms with Crippen LogP contribution in [0.1, 0.15) is 18.1 Å². The molecule has 4 nitrogen and oxygen atoms in total. The first kappa shape index (κ1) is 12.8. The van der Waals surface area contributed by atoms with Crippen LogP contribution in [-0.2, 0) is 4.79 Å². The zero-order chi connectivity index (χ0) is 13.5. The van der Waals surface area contributed by atoms with E-state index in [1.54, 1.807) is 0 Å². The molecule has 0 aliphatic heterocycles. The molecule has 19 heavy (non-hydrogen) atoms. The minimum atomic E-state index is -0.191. The SMILES string of the molecule is CC(=O)NNN=C(c1ccccc1)c1ccccc1. The van der Waals surface area contributed by atoms with Crippen molar-refractivity contribution in [1.29, 1.82) is 0 Å². The molecule has 4 heteroatoms. The molecule has 0 radical (unpaired) electrons. The van der Waals surface area contributed by atoms with Gasteiger partial charge in [-0.2, -0.15) is 5.10 Å². The van der Waals surface area contributed by atoms with Crippen LogP contribution in [0.2, 0.25) is 0 Å². The van der Waals surface area contributed by atoms with Crippen molar-refractivity contribution >= 4 is 11.6 Å². The van der Waals surface area contributed by atoms with Crippen molar-refractivity contribution in [2.75, 3.05) is 0 Å². The molecule has 0 bridgehead atoms. The van der Waals surface area contributed by atoms with Crippen molar-refractivity contribution in [2.24, 2.45) is 5.10 Å². The van der Waals surface area contributed by atoms with E-state index in [9.17, 15) is 4.79 Å². The molecule has 0 saturated carbocycles. The molecule has 0 atom stereocenters. The number of carbonyl (C=O) groups is 1. The topological polar surface area (TPSA) is 53.5 Å². The van der Waals surface area contributed by atoms with Crippen LogP contribution < -0.4 is 11.0 Å². The zero-order valence-electron chi connectivity index (χ0n) is 10.6. The van der Waals surface area contributed by atoms with Gasteiger partial charge in [-0.05, 0) is 0 Å². The summed E-state index contributed by atoms with van der Waals surface area (Å²) in [6, 6.07) is 19.6. The molecular formula is C15H15N3O. The van der Waals surface area contributed by atoms with E-state index in [4.69, 9.17) is 0 Å². The second-order valence-electron chi connectivity index (χ2n) is 3.99.